The Kier molecular flexibility index (Phi) is 10.0. The minimum atomic E-state index is -0.382. The van der Waals surface area contributed by atoms with Gasteiger partial charge in [-0.2, -0.15) is 0 Å². The first-order valence-electron chi connectivity index (χ1n) is 9.01. The Morgan fingerprint density at radius 2 is 1.93 bits per heavy atom. The molecule has 0 atom stereocenters. The van der Waals surface area contributed by atoms with Crippen molar-refractivity contribution in [3.8, 4) is 11.5 Å². The number of aliphatic hydroxyl groups excluding tert-OH is 1. The minimum absolute atomic E-state index is 0.142. The van der Waals surface area contributed by atoms with Crippen LogP contribution in [0.2, 0.25) is 5.02 Å². The lowest BCUT2D eigenvalue weighted by molar-refractivity contribution is 0.280. The van der Waals surface area contributed by atoms with Crippen LogP contribution in [0, 0.1) is 5.82 Å². The first-order chi connectivity index (χ1) is 13.6. The van der Waals surface area contributed by atoms with Gasteiger partial charge in [-0.25, -0.2) is 4.39 Å². The molecule has 0 fully saturated rings. The molecule has 28 heavy (non-hydrogen) atoms. The zero-order chi connectivity index (χ0) is 20.4. The first-order valence-corrected chi connectivity index (χ1v) is 10.2. The summed E-state index contributed by atoms with van der Waals surface area (Å²) in [5.41, 5.74) is 1.62. The second-order valence-electron chi connectivity index (χ2n) is 6.09. The summed E-state index contributed by atoms with van der Waals surface area (Å²) < 4.78 is 25.6. The highest BCUT2D eigenvalue weighted by Crippen LogP contribution is 2.37. The zero-order valence-electron chi connectivity index (χ0n) is 15.7. The number of methoxy groups -OCH3 is 1. The average Bonchev–Trinajstić information content (AvgIpc) is 2.68. The SMILES string of the molecule is COc1ccc(Br)c(CNCCCNCCO)c1OCc1ccc(F)cc1Cl. The lowest BCUT2D eigenvalue weighted by Crippen LogP contribution is -2.24. The smallest absolute Gasteiger partial charge is 0.167 e. The summed E-state index contributed by atoms with van der Waals surface area (Å²) in [6.07, 6.45) is 0.933. The lowest BCUT2D eigenvalue weighted by Gasteiger charge is -2.17. The molecule has 0 radical (unpaired) electrons. The Labute approximate surface area is 178 Å². The van der Waals surface area contributed by atoms with Gasteiger partial charge in [-0.15, -0.1) is 0 Å². The fraction of sp³-hybridized carbons (Fsp3) is 0.400. The number of hydrogen-bond donors (Lipinski definition) is 3. The molecule has 0 heterocycles. The van der Waals surface area contributed by atoms with Crippen molar-refractivity contribution < 1.29 is 19.0 Å². The molecular weight excluding hydrogens is 451 g/mol. The predicted molar refractivity (Wildman–Crippen MR) is 113 cm³/mol. The Bertz CT molecular complexity index is 764. The van der Waals surface area contributed by atoms with Crippen LogP contribution >= 0.6 is 27.5 Å². The van der Waals surface area contributed by atoms with Crippen LogP contribution in [0.25, 0.3) is 0 Å². The highest BCUT2D eigenvalue weighted by atomic mass is 79.9. The van der Waals surface area contributed by atoms with Crippen LogP contribution in [0.1, 0.15) is 17.5 Å². The van der Waals surface area contributed by atoms with Crippen molar-refractivity contribution in [1.82, 2.24) is 10.6 Å². The van der Waals surface area contributed by atoms with Gasteiger partial charge in [-0.3, -0.25) is 0 Å². The maximum absolute atomic E-state index is 13.2. The van der Waals surface area contributed by atoms with E-state index in [2.05, 4.69) is 26.6 Å². The van der Waals surface area contributed by atoms with E-state index in [-0.39, 0.29) is 19.0 Å². The fourth-order valence-corrected chi connectivity index (χ4v) is 3.28. The van der Waals surface area contributed by atoms with Gasteiger partial charge in [0.05, 0.1) is 18.7 Å². The molecule has 0 aromatic heterocycles. The standard InChI is InChI=1S/C20H25BrClFN2O3/c1-27-19-6-5-17(21)16(12-25-8-2-7-24-9-10-26)20(19)28-13-14-3-4-15(23)11-18(14)22/h3-6,11,24-26H,2,7-10,12-13H2,1H3. The normalized spacial score (nSPS) is 10.9. The van der Waals surface area contributed by atoms with Gasteiger partial charge in [0.15, 0.2) is 11.5 Å². The van der Waals surface area contributed by atoms with E-state index in [0.717, 1.165) is 29.5 Å². The highest BCUT2D eigenvalue weighted by Gasteiger charge is 2.15. The van der Waals surface area contributed by atoms with Crippen molar-refractivity contribution >= 4 is 27.5 Å². The molecule has 0 spiro atoms. The Morgan fingerprint density at radius 1 is 1.14 bits per heavy atom. The summed E-state index contributed by atoms with van der Waals surface area (Å²) >= 11 is 9.67. The Morgan fingerprint density at radius 3 is 2.64 bits per heavy atom. The van der Waals surface area contributed by atoms with Crippen molar-refractivity contribution in [2.45, 2.75) is 19.6 Å². The molecule has 5 nitrogen and oxygen atoms in total. The van der Waals surface area contributed by atoms with Gasteiger partial charge in [0, 0.05) is 28.7 Å². The monoisotopic (exact) mass is 474 g/mol. The number of halogens is 3. The van der Waals surface area contributed by atoms with Crippen molar-refractivity contribution in [3.05, 3.63) is 56.8 Å². The second-order valence-corrected chi connectivity index (χ2v) is 7.35. The van der Waals surface area contributed by atoms with Crippen LogP contribution in [0.3, 0.4) is 0 Å². The molecule has 154 valence electrons. The van der Waals surface area contributed by atoms with Crippen molar-refractivity contribution in [2.75, 3.05) is 33.4 Å². The molecule has 0 saturated carbocycles. The predicted octanol–water partition coefficient (Wildman–Crippen LogP) is 3.89. The topological polar surface area (TPSA) is 62.8 Å². The highest BCUT2D eigenvalue weighted by molar-refractivity contribution is 9.10. The van der Waals surface area contributed by atoms with Gasteiger partial charge in [0.25, 0.3) is 0 Å². The lowest BCUT2D eigenvalue weighted by atomic mass is 10.1. The third-order valence-electron chi connectivity index (χ3n) is 4.07. The third kappa shape index (κ3) is 6.90. The van der Waals surface area contributed by atoms with Crippen molar-refractivity contribution in [3.63, 3.8) is 0 Å². The minimum Gasteiger partial charge on any atom is -0.493 e. The molecule has 0 aliphatic rings. The zero-order valence-corrected chi connectivity index (χ0v) is 18.1. The van der Waals surface area contributed by atoms with E-state index in [9.17, 15) is 4.39 Å². The molecule has 0 aliphatic heterocycles. The molecule has 0 amide bonds. The Hall–Kier alpha value is -1.38. The average molecular weight is 476 g/mol. The molecule has 0 bridgehead atoms. The quantitative estimate of drug-likeness (QED) is 0.407. The number of nitrogens with one attached hydrogen (secondary N) is 2. The molecule has 8 heteroatoms. The van der Waals surface area contributed by atoms with E-state index in [1.165, 1.54) is 12.1 Å². The number of benzene rings is 2. The van der Waals surface area contributed by atoms with E-state index in [1.54, 1.807) is 13.2 Å². The van der Waals surface area contributed by atoms with Crippen LogP contribution in [0.15, 0.2) is 34.8 Å². The maximum atomic E-state index is 13.2. The summed E-state index contributed by atoms with van der Waals surface area (Å²) in [4.78, 5) is 0. The molecule has 0 unspecified atom stereocenters. The number of ether oxygens (including phenoxy) is 2. The third-order valence-corrected chi connectivity index (χ3v) is 5.17. The molecule has 0 aliphatic carbocycles. The summed E-state index contributed by atoms with van der Waals surface area (Å²) in [6, 6.07) is 7.98. The number of hydrogen-bond acceptors (Lipinski definition) is 5. The molecular formula is C20H25BrClFN2O3. The maximum Gasteiger partial charge on any atom is 0.167 e. The van der Waals surface area contributed by atoms with Gasteiger partial charge in [-0.05, 0) is 43.8 Å². The van der Waals surface area contributed by atoms with Crippen LogP contribution in [-0.4, -0.2) is 38.5 Å². The molecule has 0 saturated heterocycles. The Balaban J connectivity index is 2.03. The largest absolute Gasteiger partial charge is 0.493 e. The van der Waals surface area contributed by atoms with Crippen LogP contribution in [0.4, 0.5) is 4.39 Å². The molecule has 3 N–H and O–H groups in total. The van der Waals surface area contributed by atoms with Crippen molar-refractivity contribution in [1.29, 1.82) is 0 Å². The van der Waals surface area contributed by atoms with E-state index in [0.29, 0.717) is 35.2 Å². The second kappa shape index (κ2) is 12.2. The summed E-state index contributed by atoms with van der Waals surface area (Å²) in [5, 5.41) is 15.6. The van der Waals surface area contributed by atoms with Crippen LogP contribution in [0.5, 0.6) is 11.5 Å². The van der Waals surface area contributed by atoms with Gasteiger partial charge in [-0.1, -0.05) is 33.6 Å². The van der Waals surface area contributed by atoms with E-state index in [1.807, 2.05) is 12.1 Å². The molecule has 2 aromatic carbocycles. The summed E-state index contributed by atoms with van der Waals surface area (Å²) in [5.74, 6) is 0.846. The van der Waals surface area contributed by atoms with E-state index < -0.39 is 0 Å². The summed E-state index contributed by atoms with van der Waals surface area (Å²) in [7, 11) is 1.59. The van der Waals surface area contributed by atoms with Gasteiger partial charge in [0.2, 0.25) is 0 Å². The molecule has 2 aromatic rings. The number of aliphatic hydroxyl groups is 1. The summed E-state index contributed by atoms with van der Waals surface area (Å²) in [6.45, 7) is 3.17. The van der Waals surface area contributed by atoms with Crippen molar-refractivity contribution in [2.24, 2.45) is 0 Å². The molecule has 2 rings (SSSR count). The van der Waals surface area contributed by atoms with Crippen LogP contribution in [-0.2, 0) is 13.2 Å². The van der Waals surface area contributed by atoms with Gasteiger partial charge in [0.1, 0.15) is 12.4 Å². The fourth-order valence-electron chi connectivity index (χ4n) is 2.61. The van der Waals surface area contributed by atoms with E-state index in [4.69, 9.17) is 26.2 Å². The van der Waals surface area contributed by atoms with Gasteiger partial charge >= 0.3 is 0 Å². The van der Waals surface area contributed by atoms with E-state index >= 15 is 0 Å². The van der Waals surface area contributed by atoms with Crippen LogP contribution < -0.4 is 20.1 Å². The number of rotatable bonds is 12. The first kappa shape index (κ1) is 22.9. The van der Waals surface area contributed by atoms with Gasteiger partial charge < -0.3 is 25.2 Å².